The van der Waals surface area contributed by atoms with Crippen LogP contribution in [0.5, 0.6) is 0 Å². The van der Waals surface area contributed by atoms with E-state index in [4.69, 9.17) is 10.1 Å². The molecule has 3 heterocycles. The number of carboxylic acids is 1. The van der Waals surface area contributed by atoms with Crippen molar-refractivity contribution in [3.63, 3.8) is 0 Å². The zero-order chi connectivity index (χ0) is 25.2. The summed E-state index contributed by atoms with van der Waals surface area (Å²) in [4.78, 5) is 28.7. The Balaban J connectivity index is 0.000000170. The minimum Gasteiger partial charge on any atom is -0.481 e. The van der Waals surface area contributed by atoms with E-state index in [0.717, 1.165) is 43.6 Å². The summed E-state index contributed by atoms with van der Waals surface area (Å²) >= 11 is 0. The number of hydrogen-bond donors (Lipinski definition) is 3. The van der Waals surface area contributed by atoms with Crippen LogP contribution in [-0.4, -0.2) is 53.5 Å². The molecule has 2 aromatic rings. The average Bonchev–Trinajstić information content (AvgIpc) is 3.38. The predicted octanol–water partition coefficient (Wildman–Crippen LogP) is 4.30. The third-order valence-corrected chi connectivity index (χ3v) is 7.51. The van der Waals surface area contributed by atoms with E-state index in [-0.39, 0.29) is 6.42 Å². The molecule has 3 aliphatic rings. The summed E-state index contributed by atoms with van der Waals surface area (Å²) in [6.45, 7) is 4.93. The van der Waals surface area contributed by atoms with Gasteiger partial charge < -0.3 is 20.6 Å². The van der Waals surface area contributed by atoms with Crippen LogP contribution in [-0.2, 0) is 35.3 Å². The zero-order valence-corrected chi connectivity index (χ0v) is 21.3. The molecule has 1 aromatic heterocycles. The minimum atomic E-state index is -0.903. The van der Waals surface area contributed by atoms with Gasteiger partial charge in [-0.2, -0.15) is 0 Å². The molecule has 36 heavy (non-hydrogen) atoms. The highest BCUT2D eigenvalue weighted by molar-refractivity contribution is 5.69. The maximum atomic E-state index is 10.8. The molecule has 5 rings (SSSR count). The molecule has 3 N–H and O–H groups in total. The van der Waals surface area contributed by atoms with E-state index in [1.54, 1.807) is 0 Å². The van der Waals surface area contributed by atoms with E-state index in [1.165, 1.54) is 80.5 Å². The maximum Gasteiger partial charge on any atom is 0.305 e. The molecule has 2 aliphatic heterocycles. The Morgan fingerprint density at radius 3 is 2.69 bits per heavy atom. The zero-order valence-electron chi connectivity index (χ0n) is 21.3. The number of benzene rings is 1. The van der Waals surface area contributed by atoms with Crippen molar-refractivity contribution in [1.29, 1.82) is 0 Å². The number of pyridine rings is 1. The van der Waals surface area contributed by atoms with E-state index >= 15 is 0 Å². The molecule has 194 valence electrons. The number of likely N-dealkylation sites (tertiary alicyclic amines) is 1. The van der Waals surface area contributed by atoms with Crippen LogP contribution in [0.25, 0.3) is 0 Å². The number of nitrogens with zero attached hydrogens (tertiary/aromatic N) is 2. The normalized spacial score (nSPS) is 17.6. The van der Waals surface area contributed by atoms with Crippen LogP contribution in [0.3, 0.4) is 0 Å². The molecule has 0 bridgehead atoms. The van der Waals surface area contributed by atoms with Crippen LogP contribution in [0.15, 0.2) is 30.3 Å². The number of hydrogen-bond acceptors (Lipinski definition) is 5. The summed E-state index contributed by atoms with van der Waals surface area (Å²) in [6.07, 6.45) is 12.6. The molecule has 1 amide bonds. The Hall–Kier alpha value is -2.93. The molecular formula is C29H40N4O3. The minimum absolute atomic E-state index is 0.0742. The highest BCUT2D eigenvalue weighted by atomic mass is 16.4. The van der Waals surface area contributed by atoms with E-state index in [0.29, 0.717) is 6.41 Å². The van der Waals surface area contributed by atoms with Crippen molar-refractivity contribution in [3.05, 3.63) is 58.3 Å². The second kappa shape index (κ2) is 13.4. The summed E-state index contributed by atoms with van der Waals surface area (Å²) in [7, 11) is 0. The lowest BCUT2D eigenvalue weighted by Crippen LogP contribution is -2.30. The van der Waals surface area contributed by atoms with Gasteiger partial charge in [0.15, 0.2) is 0 Å². The van der Waals surface area contributed by atoms with Gasteiger partial charge in [-0.1, -0.05) is 30.7 Å². The van der Waals surface area contributed by atoms with Gasteiger partial charge in [-0.05, 0) is 106 Å². The molecular weight excluding hydrogens is 452 g/mol. The topological polar surface area (TPSA) is 94.6 Å². The first-order valence-electron chi connectivity index (χ1n) is 13.6. The van der Waals surface area contributed by atoms with Gasteiger partial charge in [0.25, 0.3) is 0 Å². The summed E-state index contributed by atoms with van der Waals surface area (Å²) in [5.74, 6) is 0.238. The number of nitrogens with one attached hydrogen (secondary N) is 2. The fraction of sp³-hybridized carbons (Fsp3) is 0.552. The van der Waals surface area contributed by atoms with Gasteiger partial charge in [-0.25, -0.2) is 4.98 Å². The number of carbonyl (C=O) groups excluding carboxylic acids is 1. The van der Waals surface area contributed by atoms with Gasteiger partial charge in [0, 0.05) is 12.2 Å². The monoisotopic (exact) mass is 492 g/mol. The van der Waals surface area contributed by atoms with Crippen molar-refractivity contribution < 1.29 is 14.7 Å². The van der Waals surface area contributed by atoms with Gasteiger partial charge in [-0.15, -0.1) is 0 Å². The highest BCUT2D eigenvalue weighted by Crippen LogP contribution is 2.30. The fourth-order valence-electron chi connectivity index (χ4n) is 5.67. The Bertz CT molecular complexity index is 1020. The van der Waals surface area contributed by atoms with E-state index in [2.05, 4.69) is 33.7 Å². The van der Waals surface area contributed by atoms with E-state index in [1.807, 2.05) is 12.1 Å². The summed E-state index contributed by atoms with van der Waals surface area (Å²) < 4.78 is 0. The van der Waals surface area contributed by atoms with Gasteiger partial charge in [0.2, 0.25) is 6.41 Å². The van der Waals surface area contributed by atoms with Gasteiger partial charge in [0.05, 0.1) is 12.5 Å². The van der Waals surface area contributed by atoms with E-state index < -0.39 is 12.0 Å². The van der Waals surface area contributed by atoms with Crippen molar-refractivity contribution in [3.8, 4) is 0 Å². The molecule has 1 aliphatic carbocycles. The van der Waals surface area contributed by atoms with E-state index in [9.17, 15) is 9.59 Å². The number of piperidine rings is 1. The first-order chi connectivity index (χ1) is 17.6. The number of amides is 1. The van der Waals surface area contributed by atoms with Gasteiger partial charge >= 0.3 is 5.97 Å². The number of anilines is 1. The standard InChI is InChI=1S/C16H25N3.C13H15NO3/c1-2-11-19(12-3-1)13-5-7-15-9-8-14-6-4-10-17-16(14)18-15;15-8-14-12(7-13(16)17)11-6-2-4-9-3-1-5-10(9)11/h8-9H,1-7,10-13H2,(H,17,18);2,4,6,8,12H,1,3,5,7H2,(H,14,15)(H,16,17). The lowest BCUT2D eigenvalue weighted by Gasteiger charge is -2.26. The maximum absolute atomic E-state index is 10.8. The average molecular weight is 493 g/mol. The summed E-state index contributed by atoms with van der Waals surface area (Å²) in [5, 5.41) is 14.9. The van der Waals surface area contributed by atoms with Gasteiger partial charge in [0.1, 0.15) is 5.82 Å². The van der Waals surface area contributed by atoms with Crippen molar-refractivity contribution in [2.75, 3.05) is 31.5 Å². The second-order valence-electron chi connectivity index (χ2n) is 10.1. The van der Waals surface area contributed by atoms with Crippen LogP contribution in [0.4, 0.5) is 5.82 Å². The van der Waals surface area contributed by atoms with Crippen molar-refractivity contribution >= 4 is 18.2 Å². The number of aryl methyl sites for hydroxylation is 3. The Kier molecular flexibility index (Phi) is 9.73. The number of fused-ring (bicyclic) bond motifs is 2. The van der Waals surface area contributed by atoms with Crippen molar-refractivity contribution in [2.24, 2.45) is 0 Å². The number of aliphatic carboxylic acids is 1. The second-order valence-corrected chi connectivity index (χ2v) is 10.1. The number of rotatable bonds is 9. The number of carbonyl (C=O) groups is 2. The third kappa shape index (κ3) is 7.29. The molecule has 1 fully saturated rings. The Labute approximate surface area is 214 Å². The Morgan fingerprint density at radius 2 is 1.89 bits per heavy atom. The molecule has 1 unspecified atom stereocenters. The highest BCUT2D eigenvalue weighted by Gasteiger charge is 2.22. The molecule has 7 nitrogen and oxygen atoms in total. The Morgan fingerprint density at radius 1 is 1.06 bits per heavy atom. The first-order valence-corrected chi connectivity index (χ1v) is 13.6. The van der Waals surface area contributed by atoms with Crippen LogP contribution in [0.1, 0.15) is 78.9 Å². The first kappa shape index (κ1) is 26.1. The summed E-state index contributed by atoms with van der Waals surface area (Å²) in [6, 6.07) is 9.99. The lowest BCUT2D eigenvalue weighted by molar-refractivity contribution is -0.137. The quantitative estimate of drug-likeness (QED) is 0.452. The number of carboxylic acid groups (broad SMARTS) is 1. The number of aromatic nitrogens is 1. The lowest BCUT2D eigenvalue weighted by atomic mass is 9.95. The molecule has 0 spiro atoms. The molecule has 0 radical (unpaired) electrons. The molecule has 7 heteroatoms. The van der Waals surface area contributed by atoms with Crippen LogP contribution >= 0.6 is 0 Å². The molecule has 1 atom stereocenters. The van der Waals surface area contributed by atoms with Crippen LogP contribution in [0, 0.1) is 0 Å². The van der Waals surface area contributed by atoms with Gasteiger partial charge in [-0.3, -0.25) is 9.59 Å². The fourth-order valence-corrected chi connectivity index (χ4v) is 5.67. The third-order valence-electron chi connectivity index (χ3n) is 7.51. The molecule has 1 aromatic carbocycles. The van der Waals surface area contributed by atoms with Crippen molar-refractivity contribution in [2.45, 2.75) is 76.7 Å². The molecule has 0 saturated carbocycles. The van der Waals surface area contributed by atoms with Crippen LogP contribution < -0.4 is 10.6 Å². The molecule has 1 saturated heterocycles. The van der Waals surface area contributed by atoms with Crippen molar-refractivity contribution in [1.82, 2.24) is 15.2 Å². The largest absolute Gasteiger partial charge is 0.481 e. The smallest absolute Gasteiger partial charge is 0.305 e. The SMILES string of the molecule is O=CNC(CC(=O)O)c1cccc2c1CCC2.c1cc2c(nc1CCCN1CCCCC1)NCCC2. The summed E-state index contributed by atoms with van der Waals surface area (Å²) in [5.41, 5.74) is 6.10. The predicted molar refractivity (Wildman–Crippen MR) is 142 cm³/mol. The van der Waals surface area contributed by atoms with Crippen LogP contribution in [0.2, 0.25) is 0 Å².